The van der Waals surface area contributed by atoms with Gasteiger partial charge in [0.2, 0.25) is 0 Å². The molecule has 0 saturated carbocycles. The Kier molecular flexibility index (Phi) is 3.32. The lowest BCUT2D eigenvalue weighted by molar-refractivity contribution is 0.0995. The number of fused-ring (bicyclic) bond motifs is 1. The van der Waals surface area contributed by atoms with Crippen LogP contribution in [0.15, 0.2) is 42.6 Å². The summed E-state index contributed by atoms with van der Waals surface area (Å²) in [7, 11) is 0. The summed E-state index contributed by atoms with van der Waals surface area (Å²) in [5, 5.41) is 0.900. The highest BCUT2D eigenvalue weighted by molar-refractivity contribution is 7.20. The fourth-order valence-electron chi connectivity index (χ4n) is 2.09. The highest BCUT2D eigenvalue weighted by atomic mass is 32.1. The first-order chi connectivity index (χ1) is 9.63. The number of halogens is 1. The summed E-state index contributed by atoms with van der Waals surface area (Å²) >= 11 is 1.33. The van der Waals surface area contributed by atoms with Gasteiger partial charge in [-0.2, -0.15) is 0 Å². The maximum absolute atomic E-state index is 13.2. The third-order valence-corrected chi connectivity index (χ3v) is 4.34. The third-order valence-electron chi connectivity index (χ3n) is 3.20. The van der Waals surface area contributed by atoms with Crippen molar-refractivity contribution < 1.29 is 9.18 Å². The molecule has 100 valence electrons. The molecule has 0 unspecified atom stereocenters. The van der Waals surface area contributed by atoms with Gasteiger partial charge in [-0.05, 0) is 42.1 Å². The van der Waals surface area contributed by atoms with Gasteiger partial charge in [0.25, 0.3) is 0 Å². The fourth-order valence-corrected chi connectivity index (χ4v) is 3.11. The molecule has 0 bridgehead atoms. The molecular weight excluding hydrogens is 273 g/mol. The van der Waals surface area contributed by atoms with Crippen LogP contribution in [0.1, 0.15) is 20.9 Å². The van der Waals surface area contributed by atoms with Crippen molar-refractivity contribution in [1.82, 2.24) is 4.98 Å². The lowest BCUT2D eigenvalue weighted by Gasteiger charge is -2.01. The molecule has 20 heavy (non-hydrogen) atoms. The van der Waals surface area contributed by atoms with E-state index in [4.69, 9.17) is 0 Å². The minimum absolute atomic E-state index is 0.0217. The summed E-state index contributed by atoms with van der Waals surface area (Å²) in [6.45, 7) is 1.94. The Hall–Kier alpha value is -2.07. The van der Waals surface area contributed by atoms with Gasteiger partial charge in [0.15, 0.2) is 5.78 Å². The molecule has 0 spiro atoms. The van der Waals surface area contributed by atoms with Gasteiger partial charge in [0, 0.05) is 10.9 Å². The molecule has 4 heteroatoms. The maximum atomic E-state index is 13.2. The number of rotatable bonds is 3. The van der Waals surface area contributed by atoms with Crippen LogP contribution >= 0.6 is 11.3 Å². The molecule has 0 fully saturated rings. The zero-order chi connectivity index (χ0) is 14.1. The number of benzene rings is 1. The molecule has 2 heterocycles. The van der Waals surface area contributed by atoms with Crippen molar-refractivity contribution in [2.75, 3.05) is 0 Å². The van der Waals surface area contributed by atoms with E-state index >= 15 is 0 Å². The highest BCUT2D eigenvalue weighted by Crippen LogP contribution is 2.27. The molecule has 3 aromatic rings. The van der Waals surface area contributed by atoms with Crippen molar-refractivity contribution in [1.29, 1.82) is 0 Å². The van der Waals surface area contributed by atoms with Crippen LogP contribution in [0.3, 0.4) is 0 Å². The first kappa shape index (κ1) is 12.9. The fraction of sp³-hybridized carbons (Fsp3) is 0.125. The number of aromatic nitrogens is 1. The van der Waals surface area contributed by atoms with E-state index in [-0.39, 0.29) is 18.0 Å². The van der Waals surface area contributed by atoms with E-state index in [9.17, 15) is 9.18 Å². The van der Waals surface area contributed by atoms with Crippen molar-refractivity contribution in [3.8, 4) is 0 Å². The molecule has 0 atom stereocenters. The molecule has 3 rings (SSSR count). The molecular formula is C16H12FNOS. The summed E-state index contributed by atoms with van der Waals surface area (Å²) in [5.74, 6) is -0.257. The molecule has 0 aliphatic heterocycles. The van der Waals surface area contributed by atoms with Crippen LogP contribution in [0.2, 0.25) is 0 Å². The van der Waals surface area contributed by atoms with E-state index in [1.165, 1.54) is 23.5 Å². The lowest BCUT2D eigenvalue weighted by atomic mass is 10.1. The Morgan fingerprint density at radius 3 is 2.95 bits per heavy atom. The molecule has 0 amide bonds. The van der Waals surface area contributed by atoms with Gasteiger partial charge in [-0.15, -0.1) is 11.3 Å². The van der Waals surface area contributed by atoms with Crippen molar-refractivity contribution in [3.63, 3.8) is 0 Å². The maximum Gasteiger partial charge on any atom is 0.178 e. The van der Waals surface area contributed by atoms with E-state index in [0.717, 1.165) is 21.3 Å². The predicted octanol–water partition coefficient (Wildman–Crippen LogP) is 4.17. The van der Waals surface area contributed by atoms with E-state index in [2.05, 4.69) is 4.98 Å². The smallest absolute Gasteiger partial charge is 0.178 e. The Bertz CT molecular complexity index is 794. The molecule has 0 saturated heterocycles. The number of pyridine rings is 1. The number of hydrogen-bond donors (Lipinski definition) is 0. The topological polar surface area (TPSA) is 30.0 Å². The van der Waals surface area contributed by atoms with E-state index in [0.29, 0.717) is 4.88 Å². The van der Waals surface area contributed by atoms with E-state index in [1.54, 1.807) is 12.3 Å². The summed E-state index contributed by atoms with van der Waals surface area (Å²) < 4.78 is 14.0. The van der Waals surface area contributed by atoms with Gasteiger partial charge < -0.3 is 0 Å². The average Bonchev–Trinajstić information content (AvgIpc) is 2.84. The molecule has 0 radical (unpaired) electrons. The van der Waals surface area contributed by atoms with Crippen LogP contribution < -0.4 is 0 Å². The second-order valence-electron chi connectivity index (χ2n) is 4.66. The number of hydrogen-bond acceptors (Lipinski definition) is 3. The molecule has 0 aliphatic rings. The van der Waals surface area contributed by atoms with Crippen LogP contribution in [0, 0.1) is 12.7 Å². The van der Waals surface area contributed by atoms with Gasteiger partial charge in [-0.3, -0.25) is 9.78 Å². The Balaban J connectivity index is 1.91. The van der Waals surface area contributed by atoms with Gasteiger partial charge in [-0.1, -0.05) is 12.1 Å². The van der Waals surface area contributed by atoms with Crippen molar-refractivity contribution >= 4 is 27.2 Å². The van der Waals surface area contributed by atoms with Crippen molar-refractivity contribution in [3.05, 3.63) is 64.5 Å². The zero-order valence-corrected chi connectivity index (χ0v) is 11.7. The van der Waals surface area contributed by atoms with Gasteiger partial charge in [0.1, 0.15) is 5.82 Å². The normalized spacial score (nSPS) is 10.9. The number of nitrogens with zero attached hydrogens (tertiary/aromatic N) is 1. The first-order valence-corrected chi connectivity index (χ1v) is 7.08. The van der Waals surface area contributed by atoms with Gasteiger partial charge in [0.05, 0.1) is 17.0 Å². The van der Waals surface area contributed by atoms with Gasteiger partial charge in [-0.25, -0.2) is 4.39 Å². The van der Waals surface area contributed by atoms with Crippen LogP contribution in [0.5, 0.6) is 0 Å². The predicted molar refractivity (Wildman–Crippen MR) is 78.8 cm³/mol. The first-order valence-electron chi connectivity index (χ1n) is 6.26. The Morgan fingerprint density at radius 2 is 2.15 bits per heavy atom. The molecule has 1 aromatic carbocycles. The molecule has 0 N–H and O–H groups in total. The Morgan fingerprint density at radius 1 is 1.30 bits per heavy atom. The molecule has 2 aromatic heterocycles. The second kappa shape index (κ2) is 5.13. The number of ketones is 1. The monoisotopic (exact) mass is 285 g/mol. The number of carbonyl (C=O) groups excluding carboxylic acids is 1. The van der Waals surface area contributed by atoms with Gasteiger partial charge >= 0.3 is 0 Å². The highest BCUT2D eigenvalue weighted by Gasteiger charge is 2.13. The second-order valence-corrected chi connectivity index (χ2v) is 5.74. The SMILES string of the molecule is Cc1cccnc1CC(=O)c1cc2ccc(F)cc2s1. The van der Waals surface area contributed by atoms with Crippen LogP contribution in [-0.4, -0.2) is 10.8 Å². The summed E-state index contributed by atoms with van der Waals surface area (Å²) in [5.41, 5.74) is 1.80. The zero-order valence-electron chi connectivity index (χ0n) is 10.9. The number of Topliss-reactive ketones (excluding diaryl/α,β-unsaturated/α-hetero) is 1. The summed E-state index contributed by atoms with van der Waals surface area (Å²) in [6.07, 6.45) is 1.97. The number of aryl methyl sites for hydroxylation is 1. The Labute approximate surface area is 119 Å². The quantitative estimate of drug-likeness (QED) is 0.676. The summed E-state index contributed by atoms with van der Waals surface area (Å²) in [6, 6.07) is 10.2. The van der Waals surface area contributed by atoms with Crippen molar-refractivity contribution in [2.24, 2.45) is 0 Å². The molecule has 2 nitrogen and oxygen atoms in total. The average molecular weight is 285 g/mol. The van der Waals surface area contributed by atoms with Crippen LogP contribution in [0.25, 0.3) is 10.1 Å². The minimum Gasteiger partial charge on any atom is -0.293 e. The number of thiophene rings is 1. The standard InChI is InChI=1S/C16H12FNOS/c1-10-3-2-6-18-13(10)9-14(19)16-7-11-4-5-12(17)8-15(11)20-16/h2-8H,9H2,1H3. The van der Waals surface area contributed by atoms with E-state index in [1.807, 2.05) is 25.1 Å². The third kappa shape index (κ3) is 2.47. The van der Waals surface area contributed by atoms with Crippen LogP contribution in [0.4, 0.5) is 4.39 Å². The van der Waals surface area contributed by atoms with Crippen LogP contribution in [-0.2, 0) is 6.42 Å². The number of carbonyl (C=O) groups is 1. The van der Waals surface area contributed by atoms with Crippen molar-refractivity contribution in [2.45, 2.75) is 13.3 Å². The van der Waals surface area contributed by atoms with E-state index < -0.39 is 0 Å². The largest absolute Gasteiger partial charge is 0.293 e. The lowest BCUT2D eigenvalue weighted by Crippen LogP contribution is -2.04. The minimum atomic E-state index is -0.279. The summed E-state index contributed by atoms with van der Waals surface area (Å²) in [4.78, 5) is 17.2. The molecule has 0 aliphatic carbocycles.